The van der Waals surface area contributed by atoms with E-state index in [1.807, 2.05) is 0 Å². The summed E-state index contributed by atoms with van der Waals surface area (Å²) >= 11 is 8.95. The number of thiol groups is 1. The van der Waals surface area contributed by atoms with E-state index in [0.717, 1.165) is 0 Å². The van der Waals surface area contributed by atoms with Gasteiger partial charge in [0.25, 0.3) is 0 Å². The lowest BCUT2D eigenvalue weighted by Crippen LogP contribution is -2.05. The van der Waals surface area contributed by atoms with Crippen molar-refractivity contribution in [2.75, 3.05) is 7.11 Å². The molecule has 0 saturated heterocycles. The molecule has 0 amide bonds. The number of ether oxygens (including phenoxy) is 1. The smallest absolute Gasteiger partial charge is 0.307 e. The minimum Gasteiger partial charge on any atom is -0.497 e. The molecule has 0 unspecified atom stereocenters. The molecule has 3 nitrogen and oxygen atoms in total. The molecule has 0 heterocycles. The van der Waals surface area contributed by atoms with E-state index in [4.69, 9.17) is 22.1 Å². The van der Waals surface area contributed by atoms with Gasteiger partial charge in [-0.05, 0) is 23.8 Å². The Morgan fingerprint density at radius 3 is 2.73 bits per heavy atom. The van der Waals surface area contributed by atoms with Gasteiger partial charge in [-0.15, -0.1) is 12.6 Å². The van der Waals surface area contributed by atoms with Gasteiger partial charge in [0, 0.05) is 5.56 Å². The van der Waals surface area contributed by atoms with Gasteiger partial charge in [0.15, 0.2) is 0 Å². The van der Waals surface area contributed by atoms with Gasteiger partial charge in [-0.1, -0.05) is 12.2 Å². The molecule has 0 atom stereocenters. The molecule has 5 heteroatoms. The molecule has 1 aromatic carbocycles. The Bertz CT molecular complexity index is 402. The molecule has 0 spiro atoms. The van der Waals surface area contributed by atoms with E-state index in [1.54, 1.807) is 18.2 Å². The number of carboxylic acid groups (broad SMARTS) is 1. The second kappa shape index (κ2) is 5.14. The third-order valence-corrected chi connectivity index (χ3v) is 2.35. The number of hydrogen-bond donors (Lipinski definition) is 2. The molecule has 0 aliphatic rings. The predicted molar refractivity (Wildman–Crippen MR) is 65.0 cm³/mol. The Morgan fingerprint density at radius 1 is 1.60 bits per heavy atom. The van der Waals surface area contributed by atoms with Crippen LogP contribution in [0.2, 0.25) is 0 Å². The van der Waals surface area contributed by atoms with Crippen LogP contribution in [-0.2, 0) is 11.2 Å². The Morgan fingerprint density at radius 2 is 2.27 bits per heavy atom. The van der Waals surface area contributed by atoms with Crippen LogP contribution in [-0.4, -0.2) is 22.4 Å². The number of methoxy groups -OCH3 is 1. The van der Waals surface area contributed by atoms with Gasteiger partial charge < -0.3 is 9.84 Å². The SMILES string of the molecule is COc1ccc(C(=S)S)c(CC(=O)O)c1. The molecule has 0 aromatic heterocycles. The fourth-order valence-corrected chi connectivity index (χ4v) is 1.63. The Balaban J connectivity index is 3.16. The Labute approximate surface area is 98.5 Å². The maximum Gasteiger partial charge on any atom is 0.307 e. The first-order chi connectivity index (χ1) is 7.04. The van der Waals surface area contributed by atoms with Crippen LogP contribution in [0.25, 0.3) is 0 Å². The van der Waals surface area contributed by atoms with Crippen LogP contribution in [0.3, 0.4) is 0 Å². The molecule has 1 rings (SSSR count). The van der Waals surface area contributed by atoms with E-state index in [-0.39, 0.29) is 6.42 Å². The molecule has 0 aliphatic carbocycles. The van der Waals surface area contributed by atoms with Crippen LogP contribution in [0.1, 0.15) is 11.1 Å². The highest BCUT2D eigenvalue weighted by molar-refractivity contribution is 8.11. The molecule has 0 bridgehead atoms. The first-order valence-electron chi connectivity index (χ1n) is 4.16. The summed E-state index contributed by atoms with van der Waals surface area (Å²) in [6.45, 7) is 0. The quantitative estimate of drug-likeness (QED) is 0.625. The molecular formula is C10H10O3S2. The zero-order chi connectivity index (χ0) is 11.4. The lowest BCUT2D eigenvalue weighted by Gasteiger charge is -2.08. The number of thiocarbonyl (C=S) groups is 1. The van der Waals surface area contributed by atoms with Crippen LogP contribution < -0.4 is 4.74 Å². The van der Waals surface area contributed by atoms with Crippen LogP contribution in [0.15, 0.2) is 18.2 Å². The molecular weight excluding hydrogens is 232 g/mol. The lowest BCUT2D eigenvalue weighted by atomic mass is 10.1. The van der Waals surface area contributed by atoms with Crippen molar-refractivity contribution >= 4 is 35.0 Å². The van der Waals surface area contributed by atoms with Crippen molar-refractivity contribution in [1.82, 2.24) is 0 Å². The highest BCUT2D eigenvalue weighted by Gasteiger charge is 2.10. The van der Waals surface area contributed by atoms with Crippen molar-refractivity contribution in [1.29, 1.82) is 0 Å². The van der Waals surface area contributed by atoms with Crippen molar-refractivity contribution in [3.63, 3.8) is 0 Å². The van der Waals surface area contributed by atoms with Gasteiger partial charge in [-0.3, -0.25) is 4.79 Å². The third kappa shape index (κ3) is 3.21. The third-order valence-electron chi connectivity index (χ3n) is 1.88. The molecule has 0 radical (unpaired) electrons. The van der Waals surface area contributed by atoms with Crippen molar-refractivity contribution in [3.8, 4) is 5.75 Å². The van der Waals surface area contributed by atoms with Crippen LogP contribution in [0.5, 0.6) is 5.75 Å². The number of aliphatic carboxylic acids is 1. The van der Waals surface area contributed by atoms with Crippen LogP contribution in [0.4, 0.5) is 0 Å². The number of carbonyl (C=O) groups is 1. The number of benzene rings is 1. The fraction of sp³-hybridized carbons (Fsp3) is 0.200. The zero-order valence-corrected chi connectivity index (χ0v) is 9.77. The van der Waals surface area contributed by atoms with Crippen LogP contribution in [0, 0.1) is 0 Å². The maximum absolute atomic E-state index is 10.6. The van der Waals surface area contributed by atoms with Crippen molar-refractivity contribution in [3.05, 3.63) is 29.3 Å². The summed E-state index contributed by atoms with van der Waals surface area (Å²) in [5.41, 5.74) is 1.28. The van der Waals surface area contributed by atoms with Crippen molar-refractivity contribution in [2.45, 2.75) is 6.42 Å². The molecule has 1 aromatic rings. The first-order valence-corrected chi connectivity index (χ1v) is 5.02. The predicted octanol–water partition coefficient (Wildman–Crippen LogP) is 1.93. The monoisotopic (exact) mass is 242 g/mol. The van der Waals surface area contributed by atoms with E-state index in [9.17, 15) is 4.79 Å². The minimum absolute atomic E-state index is 0.0900. The number of hydrogen-bond acceptors (Lipinski definition) is 3. The molecule has 0 aliphatic heterocycles. The fourth-order valence-electron chi connectivity index (χ4n) is 1.21. The lowest BCUT2D eigenvalue weighted by molar-refractivity contribution is -0.136. The van der Waals surface area contributed by atoms with Gasteiger partial charge in [0.05, 0.1) is 17.7 Å². The summed E-state index contributed by atoms with van der Waals surface area (Å²) in [5, 5.41) is 8.73. The zero-order valence-electron chi connectivity index (χ0n) is 8.06. The molecule has 0 saturated carbocycles. The Kier molecular flexibility index (Phi) is 4.11. The summed E-state index contributed by atoms with van der Waals surface area (Å²) in [4.78, 5) is 10.6. The highest BCUT2D eigenvalue weighted by Crippen LogP contribution is 2.20. The topological polar surface area (TPSA) is 46.5 Å². The van der Waals surface area contributed by atoms with Gasteiger partial charge in [0.2, 0.25) is 0 Å². The summed E-state index contributed by atoms with van der Waals surface area (Å²) in [6, 6.07) is 5.10. The van der Waals surface area contributed by atoms with Gasteiger partial charge in [-0.2, -0.15) is 0 Å². The van der Waals surface area contributed by atoms with Gasteiger partial charge in [0.1, 0.15) is 5.75 Å². The molecule has 0 fully saturated rings. The number of carboxylic acids is 1. The number of rotatable bonds is 4. The van der Waals surface area contributed by atoms with Gasteiger partial charge in [-0.25, -0.2) is 0 Å². The molecule has 80 valence electrons. The Hall–Kier alpha value is -1.07. The normalized spacial score (nSPS) is 9.73. The summed E-state index contributed by atoms with van der Waals surface area (Å²) in [5.74, 6) is -0.298. The highest BCUT2D eigenvalue weighted by atomic mass is 32.1. The van der Waals surface area contributed by atoms with Gasteiger partial charge >= 0.3 is 5.97 Å². The van der Waals surface area contributed by atoms with Crippen LogP contribution >= 0.6 is 24.8 Å². The molecule has 1 N–H and O–H groups in total. The van der Waals surface area contributed by atoms with E-state index in [2.05, 4.69) is 12.6 Å². The second-order valence-corrected chi connectivity index (χ2v) is 4.06. The largest absolute Gasteiger partial charge is 0.497 e. The van der Waals surface area contributed by atoms with E-state index in [0.29, 0.717) is 21.1 Å². The average Bonchev–Trinajstić information content (AvgIpc) is 2.16. The second-order valence-electron chi connectivity index (χ2n) is 2.90. The van der Waals surface area contributed by atoms with E-state index >= 15 is 0 Å². The molecule has 15 heavy (non-hydrogen) atoms. The maximum atomic E-state index is 10.6. The van der Waals surface area contributed by atoms with Crippen molar-refractivity contribution < 1.29 is 14.6 Å². The van der Waals surface area contributed by atoms with E-state index in [1.165, 1.54) is 7.11 Å². The first kappa shape index (κ1) is 12.0. The van der Waals surface area contributed by atoms with Crippen molar-refractivity contribution in [2.24, 2.45) is 0 Å². The minimum atomic E-state index is -0.908. The standard InChI is InChI=1S/C10H10O3S2/c1-13-7-2-3-8(10(14)15)6(4-7)5-9(11)12/h2-4H,5H2,1H3,(H,11,12)(H,14,15). The summed E-state index contributed by atoms with van der Waals surface area (Å²) in [7, 11) is 1.53. The summed E-state index contributed by atoms with van der Waals surface area (Å²) in [6.07, 6.45) is -0.0900. The summed E-state index contributed by atoms with van der Waals surface area (Å²) < 4.78 is 5.39. The average molecular weight is 242 g/mol. The van der Waals surface area contributed by atoms with E-state index < -0.39 is 5.97 Å².